The lowest BCUT2D eigenvalue weighted by molar-refractivity contribution is -0.748. The van der Waals surface area contributed by atoms with Gasteiger partial charge in [-0.3, -0.25) is 0 Å². The summed E-state index contributed by atoms with van der Waals surface area (Å²) < 4.78 is 4.36. The normalized spacial score (nSPS) is 10.5. The molecule has 0 aliphatic carbocycles. The Morgan fingerprint density at radius 2 is 1.94 bits per heavy atom. The molecule has 5 heteroatoms. The highest BCUT2D eigenvalue weighted by Gasteiger charge is 2.18. The van der Waals surface area contributed by atoms with Crippen LogP contribution in [0.5, 0.6) is 0 Å². The number of carboxylic acids is 1. The summed E-state index contributed by atoms with van der Waals surface area (Å²) in [6.07, 6.45) is 0. The van der Waals surface area contributed by atoms with E-state index in [2.05, 4.69) is 15.9 Å². The fourth-order valence-corrected chi connectivity index (χ4v) is 2.11. The molecule has 2 aromatic rings. The average molecular weight is 295 g/mol. The van der Waals surface area contributed by atoms with Crippen LogP contribution in [0.1, 0.15) is 16.2 Å². The van der Waals surface area contributed by atoms with Crippen LogP contribution in [-0.4, -0.2) is 10.7 Å². The van der Waals surface area contributed by atoms with Crippen LogP contribution in [0.15, 0.2) is 34.8 Å². The zero-order valence-electron chi connectivity index (χ0n) is 9.48. The maximum Gasteiger partial charge on any atom is 0.254 e. The standard InChI is InChI=1S/C12H11BrN2O2/c1-8-7-11(12(16)17)14(2)15(8)10-5-3-9(13)4-6-10/h3-7H,1-2H3. The van der Waals surface area contributed by atoms with E-state index >= 15 is 0 Å². The van der Waals surface area contributed by atoms with E-state index in [1.54, 1.807) is 17.8 Å². The SMILES string of the molecule is Cc1cc(C(=O)[O-])[n+](C)n1-c1ccc(Br)cc1. The van der Waals surface area contributed by atoms with Crippen LogP contribution < -0.4 is 9.79 Å². The number of carbonyl (C=O) groups excluding carboxylic acids is 1. The molecule has 0 spiro atoms. The third-order valence-corrected chi connectivity index (χ3v) is 3.14. The second-order valence-electron chi connectivity index (χ2n) is 3.77. The highest BCUT2D eigenvalue weighted by atomic mass is 79.9. The second-order valence-corrected chi connectivity index (χ2v) is 4.69. The first-order valence-electron chi connectivity index (χ1n) is 5.06. The number of aryl methyl sites for hydroxylation is 1. The van der Waals surface area contributed by atoms with E-state index in [4.69, 9.17) is 0 Å². The quantitative estimate of drug-likeness (QED) is 0.767. The molecule has 1 aromatic carbocycles. The van der Waals surface area contributed by atoms with Gasteiger partial charge in [-0.05, 0) is 31.2 Å². The van der Waals surface area contributed by atoms with Crippen LogP contribution in [0, 0.1) is 6.92 Å². The molecule has 0 fully saturated rings. The number of rotatable bonds is 2. The summed E-state index contributed by atoms with van der Waals surface area (Å²) in [6, 6.07) is 9.24. The number of benzene rings is 1. The molecule has 88 valence electrons. The van der Waals surface area contributed by atoms with Gasteiger partial charge in [0.15, 0.2) is 7.05 Å². The van der Waals surface area contributed by atoms with Crippen molar-refractivity contribution >= 4 is 21.9 Å². The largest absolute Gasteiger partial charge is 0.539 e. The van der Waals surface area contributed by atoms with Gasteiger partial charge in [-0.1, -0.05) is 15.9 Å². The molecule has 0 saturated carbocycles. The van der Waals surface area contributed by atoms with Crippen LogP contribution in [-0.2, 0) is 7.05 Å². The maximum atomic E-state index is 10.9. The molecular weight excluding hydrogens is 284 g/mol. The number of carboxylic acid groups (broad SMARTS) is 1. The molecule has 4 nitrogen and oxygen atoms in total. The number of aromatic nitrogens is 2. The lowest BCUT2D eigenvalue weighted by atomic mass is 10.3. The smallest absolute Gasteiger partial charge is 0.254 e. The van der Waals surface area contributed by atoms with Crippen molar-refractivity contribution in [3.8, 4) is 5.69 Å². The molecule has 1 aromatic heterocycles. The minimum Gasteiger partial charge on any atom is -0.539 e. The van der Waals surface area contributed by atoms with E-state index in [1.165, 1.54) is 0 Å². The first-order valence-corrected chi connectivity index (χ1v) is 5.86. The van der Waals surface area contributed by atoms with E-state index < -0.39 is 5.97 Å². The summed E-state index contributed by atoms with van der Waals surface area (Å²) in [5, 5.41) is 10.9. The summed E-state index contributed by atoms with van der Waals surface area (Å²) in [5.74, 6) is -1.17. The maximum absolute atomic E-state index is 10.9. The van der Waals surface area contributed by atoms with Crippen molar-refractivity contribution in [2.75, 3.05) is 0 Å². The second kappa shape index (κ2) is 4.33. The monoisotopic (exact) mass is 294 g/mol. The lowest BCUT2D eigenvalue weighted by Gasteiger charge is -2.03. The Bertz CT molecular complexity index is 573. The first-order chi connectivity index (χ1) is 8.00. The predicted octanol–water partition coefficient (Wildman–Crippen LogP) is 0.736. The number of hydrogen-bond donors (Lipinski definition) is 0. The molecule has 0 unspecified atom stereocenters. The highest BCUT2D eigenvalue weighted by molar-refractivity contribution is 9.10. The Labute approximate surface area is 107 Å². The van der Waals surface area contributed by atoms with E-state index in [0.29, 0.717) is 0 Å². The molecule has 2 rings (SSSR count). The number of nitrogens with zero attached hydrogens (tertiary/aromatic N) is 2. The lowest BCUT2D eigenvalue weighted by Crippen LogP contribution is -2.46. The van der Waals surface area contributed by atoms with Crippen molar-refractivity contribution in [3.05, 3.63) is 46.2 Å². The number of carbonyl (C=O) groups is 1. The summed E-state index contributed by atoms with van der Waals surface area (Å²) in [5.41, 5.74) is 1.90. The Kier molecular flexibility index (Phi) is 3.02. The Hall–Kier alpha value is -1.62. The molecule has 0 radical (unpaired) electrons. The molecule has 0 aliphatic heterocycles. The van der Waals surface area contributed by atoms with Crippen molar-refractivity contribution in [2.45, 2.75) is 6.92 Å². The first kappa shape index (κ1) is 11.9. The number of halogens is 1. The molecule has 1 heterocycles. The van der Waals surface area contributed by atoms with Crippen LogP contribution in [0.25, 0.3) is 5.69 Å². The number of hydrogen-bond acceptors (Lipinski definition) is 2. The van der Waals surface area contributed by atoms with Crippen LogP contribution in [0.3, 0.4) is 0 Å². The molecule has 0 bridgehead atoms. The van der Waals surface area contributed by atoms with Crippen molar-refractivity contribution < 1.29 is 14.6 Å². The molecule has 0 saturated heterocycles. The van der Waals surface area contributed by atoms with Crippen molar-refractivity contribution in [1.29, 1.82) is 0 Å². The molecule has 0 aliphatic rings. The fourth-order valence-electron chi connectivity index (χ4n) is 1.85. The zero-order chi connectivity index (χ0) is 12.6. The van der Waals surface area contributed by atoms with Gasteiger partial charge in [-0.15, -0.1) is 9.36 Å². The minimum absolute atomic E-state index is 0.158. The van der Waals surface area contributed by atoms with Crippen molar-refractivity contribution in [2.24, 2.45) is 7.05 Å². The van der Waals surface area contributed by atoms with Gasteiger partial charge in [0.1, 0.15) is 11.7 Å². The highest BCUT2D eigenvalue weighted by Crippen LogP contribution is 2.15. The van der Waals surface area contributed by atoms with Crippen molar-refractivity contribution in [3.63, 3.8) is 0 Å². The zero-order valence-corrected chi connectivity index (χ0v) is 11.1. The predicted molar refractivity (Wildman–Crippen MR) is 63.7 cm³/mol. The Balaban J connectivity index is 2.59. The van der Waals surface area contributed by atoms with Gasteiger partial charge in [0.05, 0.1) is 5.69 Å². The third kappa shape index (κ3) is 2.10. The van der Waals surface area contributed by atoms with Gasteiger partial charge in [0, 0.05) is 10.5 Å². The Morgan fingerprint density at radius 3 is 2.41 bits per heavy atom. The van der Waals surface area contributed by atoms with Gasteiger partial charge in [-0.25, -0.2) is 0 Å². The molecule has 17 heavy (non-hydrogen) atoms. The summed E-state index contributed by atoms with van der Waals surface area (Å²) in [6.45, 7) is 1.86. The number of aromatic carboxylic acids is 1. The topological polar surface area (TPSA) is 48.9 Å². The van der Waals surface area contributed by atoms with Crippen LogP contribution in [0.4, 0.5) is 0 Å². The molecular formula is C12H11BrN2O2. The van der Waals surface area contributed by atoms with Gasteiger partial charge in [0.25, 0.3) is 5.69 Å². The van der Waals surface area contributed by atoms with Gasteiger partial charge < -0.3 is 9.90 Å². The average Bonchev–Trinajstić information content (AvgIpc) is 2.56. The Morgan fingerprint density at radius 1 is 1.35 bits per heavy atom. The van der Waals surface area contributed by atoms with Gasteiger partial charge >= 0.3 is 0 Å². The van der Waals surface area contributed by atoms with Crippen LogP contribution in [0.2, 0.25) is 0 Å². The van der Waals surface area contributed by atoms with Gasteiger partial charge in [0.2, 0.25) is 0 Å². The molecule has 0 amide bonds. The minimum atomic E-state index is -1.17. The van der Waals surface area contributed by atoms with E-state index in [0.717, 1.165) is 15.9 Å². The van der Waals surface area contributed by atoms with Crippen LogP contribution >= 0.6 is 15.9 Å². The van der Waals surface area contributed by atoms with Crippen molar-refractivity contribution in [1.82, 2.24) is 4.68 Å². The van der Waals surface area contributed by atoms with E-state index in [-0.39, 0.29) is 5.69 Å². The van der Waals surface area contributed by atoms with E-state index in [9.17, 15) is 9.90 Å². The summed E-state index contributed by atoms with van der Waals surface area (Å²) in [7, 11) is 1.69. The third-order valence-electron chi connectivity index (χ3n) is 2.61. The van der Waals surface area contributed by atoms with Gasteiger partial charge in [-0.2, -0.15) is 0 Å². The van der Waals surface area contributed by atoms with E-state index in [1.807, 2.05) is 35.9 Å². The fraction of sp³-hybridized carbons (Fsp3) is 0.167. The summed E-state index contributed by atoms with van der Waals surface area (Å²) >= 11 is 3.36. The molecule has 0 atom stereocenters. The molecule has 0 N–H and O–H groups in total. The summed E-state index contributed by atoms with van der Waals surface area (Å²) in [4.78, 5) is 10.9.